The van der Waals surface area contributed by atoms with Gasteiger partial charge in [-0.1, -0.05) is 38.0 Å². The van der Waals surface area contributed by atoms with Crippen molar-refractivity contribution in [3.63, 3.8) is 0 Å². The maximum atomic E-state index is 12.2. The Labute approximate surface area is 125 Å². The molecule has 1 atom stereocenters. The monoisotopic (exact) mass is 293 g/mol. The van der Waals surface area contributed by atoms with E-state index < -0.39 is 5.60 Å². The number of aliphatic hydroxyl groups is 1. The number of hydrogen-bond donors (Lipinski definition) is 2. The first-order valence-corrected chi connectivity index (χ1v) is 8.23. The topological polar surface area (TPSA) is 49.3 Å². The van der Waals surface area contributed by atoms with Gasteiger partial charge in [-0.3, -0.25) is 4.79 Å². The van der Waals surface area contributed by atoms with Crippen LogP contribution in [-0.2, 0) is 4.79 Å². The van der Waals surface area contributed by atoms with Crippen LogP contribution < -0.4 is 5.32 Å². The van der Waals surface area contributed by atoms with Crippen molar-refractivity contribution in [1.82, 2.24) is 5.32 Å². The first-order valence-electron chi connectivity index (χ1n) is 7.35. The van der Waals surface area contributed by atoms with E-state index in [1.165, 1.54) is 0 Å². The van der Waals surface area contributed by atoms with Crippen LogP contribution in [0.15, 0.2) is 35.2 Å². The summed E-state index contributed by atoms with van der Waals surface area (Å²) in [5.41, 5.74) is -0.675. The molecular formula is C16H23NO2S. The van der Waals surface area contributed by atoms with Gasteiger partial charge < -0.3 is 10.4 Å². The standard InChI is InChI=1S/C16H23NO2S/c1-2-14(20-13-8-4-3-5-9-13)15(18)17-12-16(19)10-6-7-11-16/h3-5,8-9,14,19H,2,6-7,10-12H2,1H3,(H,17,18). The molecule has 0 aliphatic heterocycles. The fraction of sp³-hybridized carbons (Fsp3) is 0.562. The molecule has 0 aromatic heterocycles. The molecule has 1 aliphatic rings. The first-order chi connectivity index (χ1) is 9.63. The van der Waals surface area contributed by atoms with Gasteiger partial charge >= 0.3 is 0 Å². The van der Waals surface area contributed by atoms with E-state index >= 15 is 0 Å². The smallest absolute Gasteiger partial charge is 0.233 e. The van der Waals surface area contributed by atoms with E-state index in [0.717, 1.165) is 37.0 Å². The zero-order valence-corrected chi connectivity index (χ0v) is 12.8. The second kappa shape index (κ2) is 7.14. The van der Waals surface area contributed by atoms with Crippen molar-refractivity contribution in [1.29, 1.82) is 0 Å². The van der Waals surface area contributed by atoms with Crippen LogP contribution in [0.25, 0.3) is 0 Å². The van der Waals surface area contributed by atoms with Crippen molar-refractivity contribution < 1.29 is 9.90 Å². The lowest BCUT2D eigenvalue weighted by atomic mass is 10.0. The summed E-state index contributed by atoms with van der Waals surface area (Å²) in [7, 11) is 0. The molecule has 1 saturated carbocycles. The summed E-state index contributed by atoms with van der Waals surface area (Å²) in [4.78, 5) is 13.3. The molecule has 110 valence electrons. The predicted octanol–water partition coefficient (Wildman–Crippen LogP) is 2.98. The molecule has 1 fully saturated rings. The van der Waals surface area contributed by atoms with Gasteiger partial charge in [-0.25, -0.2) is 0 Å². The number of carbonyl (C=O) groups is 1. The molecule has 1 unspecified atom stereocenters. The van der Waals surface area contributed by atoms with Crippen LogP contribution in [0.5, 0.6) is 0 Å². The number of thioether (sulfide) groups is 1. The van der Waals surface area contributed by atoms with E-state index in [9.17, 15) is 9.90 Å². The fourth-order valence-corrected chi connectivity index (χ4v) is 3.56. The van der Waals surface area contributed by atoms with Gasteiger partial charge in [0, 0.05) is 11.4 Å². The SMILES string of the molecule is CCC(Sc1ccccc1)C(=O)NCC1(O)CCCC1. The average Bonchev–Trinajstić information content (AvgIpc) is 2.91. The van der Waals surface area contributed by atoms with Gasteiger partial charge in [-0.2, -0.15) is 0 Å². The van der Waals surface area contributed by atoms with Gasteiger partial charge in [0.25, 0.3) is 0 Å². The Balaban J connectivity index is 1.85. The summed E-state index contributed by atoms with van der Waals surface area (Å²) < 4.78 is 0. The van der Waals surface area contributed by atoms with E-state index in [1.54, 1.807) is 11.8 Å². The average molecular weight is 293 g/mol. The Bertz CT molecular complexity index is 429. The molecule has 3 nitrogen and oxygen atoms in total. The summed E-state index contributed by atoms with van der Waals surface area (Å²) in [6.45, 7) is 2.40. The minimum absolute atomic E-state index is 0.0293. The predicted molar refractivity (Wildman–Crippen MR) is 82.8 cm³/mol. The molecule has 0 saturated heterocycles. The Kier molecular flexibility index (Phi) is 5.49. The third kappa shape index (κ3) is 4.25. The molecule has 2 rings (SSSR count). The number of carbonyl (C=O) groups excluding carboxylic acids is 1. The Hall–Kier alpha value is -1.00. The molecule has 1 aliphatic carbocycles. The Morgan fingerprint density at radius 3 is 2.60 bits per heavy atom. The maximum absolute atomic E-state index is 12.2. The highest BCUT2D eigenvalue weighted by Crippen LogP contribution is 2.29. The van der Waals surface area contributed by atoms with Crippen molar-refractivity contribution >= 4 is 17.7 Å². The lowest BCUT2D eigenvalue weighted by Crippen LogP contribution is -2.43. The van der Waals surface area contributed by atoms with Crippen molar-refractivity contribution in [3.05, 3.63) is 30.3 Å². The molecule has 0 heterocycles. The quantitative estimate of drug-likeness (QED) is 0.793. The summed E-state index contributed by atoms with van der Waals surface area (Å²) in [6.07, 6.45) is 4.50. The van der Waals surface area contributed by atoms with E-state index in [-0.39, 0.29) is 11.2 Å². The molecule has 1 aromatic rings. The second-order valence-corrected chi connectivity index (χ2v) is 6.75. The van der Waals surface area contributed by atoms with E-state index in [2.05, 4.69) is 5.32 Å². The number of nitrogens with one attached hydrogen (secondary N) is 1. The highest BCUT2D eigenvalue weighted by Gasteiger charge is 2.32. The summed E-state index contributed by atoms with van der Waals surface area (Å²) in [5.74, 6) is 0.0293. The van der Waals surface area contributed by atoms with Gasteiger partial charge in [0.05, 0.1) is 10.9 Å². The molecule has 0 bridgehead atoms. The molecule has 0 spiro atoms. The Morgan fingerprint density at radius 2 is 2.00 bits per heavy atom. The van der Waals surface area contributed by atoms with Gasteiger partial charge in [-0.15, -0.1) is 11.8 Å². The van der Waals surface area contributed by atoms with Crippen LogP contribution in [0.3, 0.4) is 0 Å². The third-order valence-electron chi connectivity index (χ3n) is 3.81. The van der Waals surface area contributed by atoms with Crippen molar-refractivity contribution in [2.75, 3.05) is 6.54 Å². The molecule has 1 amide bonds. The summed E-state index contributed by atoms with van der Waals surface area (Å²) in [6, 6.07) is 9.97. The summed E-state index contributed by atoms with van der Waals surface area (Å²) >= 11 is 1.58. The molecular weight excluding hydrogens is 270 g/mol. The van der Waals surface area contributed by atoms with Crippen LogP contribution in [0, 0.1) is 0 Å². The van der Waals surface area contributed by atoms with Crippen LogP contribution in [-0.4, -0.2) is 28.4 Å². The lowest BCUT2D eigenvalue weighted by Gasteiger charge is -2.24. The normalized spacial score (nSPS) is 18.7. The minimum Gasteiger partial charge on any atom is -0.388 e. The van der Waals surface area contributed by atoms with E-state index in [4.69, 9.17) is 0 Å². The van der Waals surface area contributed by atoms with Crippen molar-refractivity contribution in [2.45, 2.75) is 54.8 Å². The number of benzene rings is 1. The molecule has 4 heteroatoms. The highest BCUT2D eigenvalue weighted by atomic mass is 32.2. The van der Waals surface area contributed by atoms with Crippen LogP contribution in [0.4, 0.5) is 0 Å². The van der Waals surface area contributed by atoms with Gasteiger partial charge in [0.15, 0.2) is 0 Å². The molecule has 20 heavy (non-hydrogen) atoms. The van der Waals surface area contributed by atoms with Crippen LogP contribution >= 0.6 is 11.8 Å². The highest BCUT2D eigenvalue weighted by molar-refractivity contribution is 8.00. The van der Waals surface area contributed by atoms with Crippen molar-refractivity contribution in [2.24, 2.45) is 0 Å². The third-order valence-corrected chi connectivity index (χ3v) is 5.19. The first kappa shape index (κ1) is 15.4. The maximum Gasteiger partial charge on any atom is 0.233 e. The lowest BCUT2D eigenvalue weighted by molar-refractivity contribution is -0.121. The van der Waals surface area contributed by atoms with Gasteiger partial charge in [-0.05, 0) is 31.4 Å². The minimum atomic E-state index is -0.675. The largest absolute Gasteiger partial charge is 0.388 e. The number of hydrogen-bond acceptors (Lipinski definition) is 3. The molecule has 0 radical (unpaired) electrons. The van der Waals surface area contributed by atoms with Crippen LogP contribution in [0.2, 0.25) is 0 Å². The fourth-order valence-electron chi connectivity index (χ4n) is 2.56. The zero-order valence-electron chi connectivity index (χ0n) is 12.0. The number of amides is 1. The van der Waals surface area contributed by atoms with E-state index in [0.29, 0.717) is 6.54 Å². The van der Waals surface area contributed by atoms with Gasteiger partial charge in [0.2, 0.25) is 5.91 Å². The zero-order chi connectivity index (χ0) is 14.4. The van der Waals surface area contributed by atoms with Crippen molar-refractivity contribution in [3.8, 4) is 0 Å². The second-order valence-electron chi connectivity index (χ2n) is 5.48. The van der Waals surface area contributed by atoms with E-state index in [1.807, 2.05) is 37.3 Å². The Morgan fingerprint density at radius 1 is 1.35 bits per heavy atom. The molecule has 2 N–H and O–H groups in total. The summed E-state index contributed by atoms with van der Waals surface area (Å²) in [5, 5.41) is 13.1. The number of rotatable bonds is 6. The van der Waals surface area contributed by atoms with Gasteiger partial charge in [0.1, 0.15) is 0 Å². The van der Waals surface area contributed by atoms with Crippen LogP contribution in [0.1, 0.15) is 39.0 Å². The molecule has 1 aromatic carbocycles.